The number of rotatable bonds is 4. The maximum absolute atomic E-state index is 12.7. The molecular formula is C8H14F2N4. The summed E-state index contributed by atoms with van der Waals surface area (Å²) in [7, 11) is 1.68. The molecule has 14 heavy (non-hydrogen) atoms. The number of hydrogen-bond acceptors (Lipinski definition) is 3. The van der Waals surface area contributed by atoms with E-state index < -0.39 is 6.43 Å². The van der Waals surface area contributed by atoms with Crippen LogP contribution in [-0.4, -0.2) is 22.0 Å². The normalized spacial score (nSPS) is 11.6. The molecular weight excluding hydrogens is 190 g/mol. The van der Waals surface area contributed by atoms with Crippen LogP contribution >= 0.6 is 0 Å². The van der Waals surface area contributed by atoms with Gasteiger partial charge >= 0.3 is 0 Å². The van der Waals surface area contributed by atoms with Gasteiger partial charge in [0.2, 0.25) is 0 Å². The highest BCUT2D eigenvalue weighted by Crippen LogP contribution is 2.23. The summed E-state index contributed by atoms with van der Waals surface area (Å²) < 4.78 is 26.6. The van der Waals surface area contributed by atoms with Crippen LogP contribution < -0.4 is 5.32 Å². The van der Waals surface area contributed by atoms with E-state index in [1.807, 2.05) is 0 Å². The summed E-state index contributed by atoms with van der Waals surface area (Å²) in [6.45, 7) is 3.90. The number of halogens is 2. The van der Waals surface area contributed by atoms with Gasteiger partial charge in [-0.1, -0.05) is 5.21 Å². The standard InChI is InChI=1S/C8H14F2N4/c1-5(2)14-7(8(9)10)6(4-11-3)12-13-14/h5,8,11H,4H2,1-3H3. The zero-order valence-electron chi connectivity index (χ0n) is 8.46. The van der Waals surface area contributed by atoms with Crippen molar-refractivity contribution in [3.63, 3.8) is 0 Å². The first kappa shape index (κ1) is 11.0. The third kappa shape index (κ3) is 2.06. The molecule has 1 heterocycles. The van der Waals surface area contributed by atoms with E-state index in [-0.39, 0.29) is 11.7 Å². The number of nitrogens with zero attached hydrogens (tertiary/aromatic N) is 3. The molecule has 0 amide bonds. The van der Waals surface area contributed by atoms with Gasteiger partial charge in [0.25, 0.3) is 6.43 Å². The largest absolute Gasteiger partial charge is 0.314 e. The molecule has 1 aromatic rings. The maximum atomic E-state index is 12.7. The molecule has 0 radical (unpaired) electrons. The van der Waals surface area contributed by atoms with Gasteiger partial charge in [0.1, 0.15) is 11.4 Å². The predicted octanol–water partition coefficient (Wildman–Crippen LogP) is 1.52. The molecule has 0 saturated carbocycles. The molecule has 0 unspecified atom stereocenters. The van der Waals surface area contributed by atoms with Gasteiger partial charge < -0.3 is 5.32 Å². The fraction of sp³-hybridized carbons (Fsp3) is 0.750. The van der Waals surface area contributed by atoms with Crippen LogP contribution in [-0.2, 0) is 6.54 Å². The summed E-state index contributed by atoms with van der Waals surface area (Å²) in [6, 6.07) is -0.0999. The molecule has 0 bridgehead atoms. The third-order valence-electron chi connectivity index (χ3n) is 1.84. The summed E-state index contributed by atoms with van der Waals surface area (Å²) in [6.07, 6.45) is -2.53. The molecule has 0 atom stereocenters. The van der Waals surface area contributed by atoms with E-state index in [1.165, 1.54) is 4.68 Å². The molecule has 0 aliphatic carbocycles. The van der Waals surface area contributed by atoms with Crippen molar-refractivity contribution < 1.29 is 8.78 Å². The minimum atomic E-state index is -2.53. The van der Waals surface area contributed by atoms with E-state index in [4.69, 9.17) is 0 Å². The van der Waals surface area contributed by atoms with Gasteiger partial charge in [0, 0.05) is 12.6 Å². The maximum Gasteiger partial charge on any atom is 0.281 e. The molecule has 0 aliphatic rings. The van der Waals surface area contributed by atoms with Gasteiger partial charge in [-0.25, -0.2) is 13.5 Å². The number of nitrogens with one attached hydrogen (secondary N) is 1. The summed E-state index contributed by atoms with van der Waals surface area (Å²) in [5.74, 6) is 0. The fourth-order valence-electron chi connectivity index (χ4n) is 1.23. The van der Waals surface area contributed by atoms with Crippen LogP contribution in [0, 0.1) is 0 Å². The molecule has 1 N–H and O–H groups in total. The Labute approximate surface area is 81.3 Å². The quantitative estimate of drug-likeness (QED) is 0.808. The second kappa shape index (κ2) is 4.45. The molecule has 6 heteroatoms. The first-order chi connectivity index (χ1) is 6.57. The van der Waals surface area contributed by atoms with Crippen molar-refractivity contribution in [3.05, 3.63) is 11.4 Å². The number of hydrogen-bond donors (Lipinski definition) is 1. The van der Waals surface area contributed by atoms with Crippen LogP contribution in [0.2, 0.25) is 0 Å². The van der Waals surface area contributed by atoms with E-state index in [9.17, 15) is 8.78 Å². The molecule has 0 spiro atoms. The lowest BCUT2D eigenvalue weighted by molar-refractivity contribution is 0.135. The fourth-order valence-corrected chi connectivity index (χ4v) is 1.23. The average Bonchev–Trinajstić information content (AvgIpc) is 2.48. The Morgan fingerprint density at radius 2 is 2.07 bits per heavy atom. The zero-order chi connectivity index (χ0) is 10.7. The first-order valence-electron chi connectivity index (χ1n) is 4.44. The Bertz CT molecular complexity index is 296. The monoisotopic (exact) mass is 204 g/mol. The van der Waals surface area contributed by atoms with E-state index in [2.05, 4.69) is 15.6 Å². The van der Waals surface area contributed by atoms with Crippen molar-refractivity contribution in [3.8, 4) is 0 Å². The van der Waals surface area contributed by atoms with Crippen LogP contribution in [0.15, 0.2) is 0 Å². The molecule has 0 aromatic carbocycles. The van der Waals surface area contributed by atoms with Crippen molar-refractivity contribution in [2.75, 3.05) is 7.05 Å². The molecule has 0 saturated heterocycles. The van der Waals surface area contributed by atoms with Crippen LogP contribution in [0.1, 0.15) is 37.7 Å². The minimum Gasteiger partial charge on any atom is -0.314 e. The smallest absolute Gasteiger partial charge is 0.281 e. The van der Waals surface area contributed by atoms with Crippen molar-refractivity contribution in [2.45, 2.75) is 32.9 Å². The lowest BCUT2D eigenvalue weighted by Crippen LogP contribution is -2.12. The first-order valence-corrected chi connectivity index (χ1v) is 4.44. The Hall–Kier alpha value is -1.04. The van der Waals surface area contributed by atoms with Crippen molar-refractivity contribution in [2.24, 2.45) is 0 Å². The van der Waals surface area contributed by atoms with Crippen molar-refractivity contribution >= 4 is 0 Å². The Kier molecular flexibility index (Phi) is 3.51. The molecule has 1 aromatic heterocycles. The van der Waals surface area contributed by atoms with Gasteiger partial charge in [0.05, 0.1) is 0 Å². The van der Waals surface area contributed by atoms with Gasteiger partial charge in [-0.3, -0.25) is 0 Å². The van der Waals surface area contributed by atoms with E-state index >= 15 is 0 Å². The Morgan fingerprint density at radius 1 is 1.43 bits per heavy atom. The average molecular weight is 204 g/mol. The lowest BCUT2D eigenvalue weighted by Gasteiger charge is -2.09. The molecule has 0 fully saturated rings. The summed E-state index contributed by atoms with van der Waals surface area (Å²) >= 11 is 0. The van der Waals surface area contributed by atoms with Crippen LogP contribution in [0.3, 0.4) is 0 Å². The van der Waals surface area contributed by atoms with Crippen molar-refractivity contribution in [1.82, 2.24) is 20.3 Å². The van der Waals surface area contributed by atoms with Crippen LogP contribution in [0.25, 0.3) is 0 Å². The van der Waals surface area contributed by atoms with Gasteiger partial charge in [-0.2, -0.15) is 0 Å². The van der Waals surface area contributed by atoms with Gasteiger partial charge in [0.15, 0.2) is 0 Å². The van der Waals surface area contributed by atoms with Crippen LogP contribution in [0.4, 0.5) is 8.78 Å². The topological polar surface area (TPSA) is 42.7 Å². The van der Waals surface area contributed by atoms with E-state index in [0.717, 1.165) is 0 Å². The minimum absolute atomic E-state index is 0.0886. The number of alkyl halides is 2. The second-order valence-electron chi connectivity index (χ2n) is 3.29. The zero-order valence-corrected chi connectivity index (χ0v) is 8.46. The van der Waals surface area contributed by atoms with E-state index in [0.29, 0.717) is 12.2 Å². The summed E-state index contributed by atoms with van der Waals surface area (Å²) in [5, 5.41) is 10.2. The summed E-state index contributed by atoms with van der Waals surface area (Å²) in [4.78, 5) is 0. The predicted molar refractivity (Wildman–Crippen MR) is 48.1 cm³/mol. The molecule has 1 rings (SSSR count). The van der Waals surface area contributed by atoms with E-state index in [1.54, 1.807) is 20.9 Å². The highest BCUT2D eigenvalue weighted by atomic mass is 19.3. The molecule has 4 nitrogen and oxygen atoms in total. The Morgan fingerprint density at radius 3 is 2.50 bits per heavy atom. The summed E-state index contributed by atoms with van der Waals surface area (Å²) in [5.41, 5.74) is 0.227. The van der Waals surface area contributed by atoms with Crippen molar-refractivity contribution in [1.29, 1.82) is 0 Å². The molecule has 0 aliphatic heterocycles. The number of aromatic nitrogens is 3. The second-order valence-corrected chi connectivity index (χ2v) is 3.29. The lowest BCUT2D eigenvalue weighted by atomic mass is 10.3. The highest BCUT2D eigenvalue weighted by Gasteiger charge is 2.22. The SMILES string of the molecule is CNCc1nnn(C(C)C)c1C(F)F. The van der Waals surface area contributed by atoms with Gasteiger partial charge in [-0.05, 0) is 20.9 Å². The third-order valence-corrected chi connectivity index (χ3v) is 1.84. The molecule has 80 valence electrons. The van der Waals surface area contributed by atoms with Crippen LogP contribution in [0.5, 0.6) is 0 Å². The highest BCUT2D eigenvalue weighted by molar-refractivity contribution is 5.12. The Balaban J connectivity index is 3.07. The van der Waals surface area contributed by atoms with Gasteiger partial charge in [-0.15, -0.1) is 5.10 Å².